The predicted octanol–water partition coefficient (Wildman–Crippen LogP) is 5.59. The number of aromatic nitrogens is 1. The summed E-state index contributed by atoms with van der Waals surface area (Å²) in [5.74, 6) is -0.906. The number of hydrogen-bond acceptors (Lipinski definition) is 3. The lowest BCUT2D eigenvalue weighted by atomic mass is 9.92. The van der Waals surface area contributed by atoms with Gasteiger partial charge in [-0.1, -0.05) is 72.8 Å². The molecule has 5 rings (SSSR count). The number of carboxylic acid groups (broad SMARTS) is 1. The number of hydrogen-bond donors (Lipinski definition) is 1. The molecule has 0 saturated heterocycles. The van der Waals surface area contributed by atoms with Crippen molar-refractivity contribution in [2.75, 3.05) is 13.6 Å². The Hall–Kier alpha value is -3.76. The number of pyridine rings is 1. The normalized spacial score (nSPS) is 15.2. The van der Waals surface area contributed by atoms with E-state index in [9.17, 15) is 9.90 Å². The SMILES string of the molecule is CN1C/C(=C/c2ccc(-c3ccccc3)cc2)c2nc3ccccc3c(C(=O)O)c2C1. The standard InChI is InChI=1S/C27H22N2O2/c1-29-16-21(15-18-11-13-20(14-12-18)19-7-3-2-4-8-19)26-23(17-29)25(27(30)31)22-9-5-6-10-24(22)28-26/h2-15H,16-17H2,1H3,(H,30,31)/b21-15-. The first-order valence-corrected chi connectivity index (χ1v) is 10.3. The molecule has 1 aromatic heterocycles. The molecule has 0 fully saturated rings. The zero-order valence-corrected chi connectivity index (χ0v) is 17.2. The fraction of sp³-hybridized carbons (Fsp3) is 0.111. The van der Waals surface area contributed by atoms with Crippen LogP contribution in [0, 0.1) is 0 Å². The lowest BCUT2D eigenvalue weighted by Crippen LogP contribution is -2.28. The summed E-state index contributed by atoms with van der Waals surface area (Å²) in [6, 6.07) is 26.2. The van der Waals surface area contributed by atoms with Gasteiger partial charge in [0.1, 0.15) is 0 Å². The van der Waals surface area contributed by atoms with Crippen molar-refractivity contribution in [2.45, 2.75) is 6.54 Å². The first kappa shape index (κ1) is 19.2. The van der Waals surface area contributed by atoms with Gasteiger partial charge in [0.25, 0.3) is 0 Å². The number of nitrogens with zero attached hydrogens (tertiary/aromatic N) is 2. The molecule has 0 aliphatic carbocycles. The van der Waals surface area contributed by atoms with Crippen molar-refractivity contribution >= 4 is 28.5 Å². The topological polar surface area (TPSA) is 53.4 Å². The molecule has 3 aromatic carbocycles. The molecule has 0 radical (unpaired) electrons. The van der Waals surface area contributed by atoms with E-state index in [1.165, 1.54) is 11.1 Å². The smallest absolute Gasteiger partial charge is 0.336 e. The Labute approximate surface area is 181 Å². The molecule has 4 nitrogen and oxygen atoms in total. The van der Waals surface area contributed by atoms with Crippen LogP contribution in [0.15, 0.2) is 78.9 Å². The molecule has 4 heteroatoms. The van der Waals surface area contributed by atoms with Crippen LogP contribution in [0.1, 0.15) is 27.2 Å². The van der Waals surface area contributed by atoms with Gasteiger partial charge in [-0.2, -0.15) is 0 Å². The molecule has 0 unspecified atom stereocenters. The van der Waals surface area contributed by atoms with E-state index in [0.717, 1.165) is 28.9 Å². The van der Waals surface area contributed by atoms with Gasteiger partial charge in [-0.15, -0.1) is 0 Å². The van der Waals surface area contributed by atoms with Crippen LogP contribution in [0.25, 0.3) is 33.7 Å². The third-order valence-electron chi connectivity index (χ3n) is 5.74. The third kappa shape index (κ3) is 3.62. The molecular formula is C27H22N2O2. The van der Waals surface area contributed by atoms with Gasteiger partial charge >= 0.3 is 5.97 Å². The Bertz CT molecular complexity index is 1310. The molecule has 152 valence electrons. The summed E-state index contributed by atoms with van der Waals surface area (Å²) in [4.78, 5) is 19.2. The summed E-state index contributed by atoms with van der Waals surface area (Å²) >= 11 is 0. The van der Waals surface area contributed by atoms with Crippen molar-refractivity contribution in [3.05, 3.63) is 101 Å². The Balaban J connectivity index is 1.62. The van der Waals surface area contributed by atoms with E-state index in [1.54, 1.807) is 0 Å². The third-order valence-corrected chi connectivity index (χ3v) is 5.74. The van der Waals surface area contributed by atoms with Crippen LogP contribution in [0.4, 0.5) is 0 Å². The summed E-state index contributed by atoms with van der Waals surface area (Å²) < 4.78 is 0. The highest BCUT2D eigenvalue weighted by Gasteiger charge is 2.27. The Morgan fingerprint density at radius 1 is 0.903 bits per heavy atom. The second kappa shape index (κ2) is 7.82. The predicted molar refractivity (Wildman–Crippen MR) is 125 cm³/mol. The lowest BCUT2D eigenvalue weighted by Gasteiger charge is -2.28. The van der Waals surface area contributed by atoms with Gasteiger partial charge in [0.05, 0.1) is 16.8 Å². The first-order valence-electron chi connectivity index (χ1n) is 10.3. The number of carbonyl (C=O) groups is 1. The molecule has 4 aromatic rings. The average molecular weight is 406 g/mol. The Morgan fingerprint density at radius 2 is 1.58 bits per heavy atom. The highest BCUT2D eigenvalue weighted by atomic mass is 16.4. The number of benzene rings is 3. The van der Waals surface area contributed by atoms with Gasteiger partial charge in [0.15, 0.2) is 0 Å². The van der Waals surface area contributed by atoms with Gasteiger partial charge in [-0.3, -0.25) is 4.90 Å². The molecule has 1 aliphatic rings. The summed E-state index contributed by atoms with van der Waals surface area (Å²) in [6.45, 7) is 1.29. The van der Waals surface area contributed by atoms with Crippen LogP contribution in [0.3, 0.4) is 0 Å². The van der Waals surface area contributed by atoms with Crippen molar-refractivity contribution in [1.29, 1.82) is 0 Å². The Morgan fingerprint density at radius 3 is 2.32 bits per heavy atom. The minimum absolute atomic E-state index is 0.359. The van der Waals surface area contributed by atoms with Crippen molar-refractivity contribution in [1.82, 2.24) is 9.88 Å². The van der Waals surface area contributed by atoms with Crippen LogP contribution in [-0.2, 0) is 6.54 Å². The van der Waals surface area contributed by atoms with E-state index < -0.39 is 5.97 Å². The number of carboxylic acids is 1. The Kier molecular flexibility index (Phi) is 4.85. The largest absolute Gasteiger partial charge is 0.478 e. The van der Waals surface area contributed by atoms with E-state index in [-0.39, 0.29) is 0 Å². The molecule has 2 heterocycles. The second-order valence-corrected chi connectivity index (χ2v) is 7.97. The average Bonchev–Trinajstić information content (AvgIpc) is 2.78. The number of aromatic carboxylic acids is 1. The summed E-state index contributed by atoms with van der Waals surface area (Å²) in [7, 11) is 2.01. The van der Waals surface area contributed by atoms with Gasteiger partial charge in [0.2, 0.25) is 0 Å². The first-order chi connectivity index (χ1) is 15.1. The van der Waals surface area contributed by atoms with Crippen LogP contribution in [-0.4, -0.2) is 34.6 Å². The number of likely N-dealkylation sites (N-methyl/N-ethyl adjacent to an activating group) is 1. The fourth-order valence-corrected chi connectivity index (χ4v) is 4.32. The zero-order chi connectivity index (χ0) is 21.4. The molecule has 0 amide bonds. The van der Waals surface area contributed by atoms with Crippen LogP contribution < -0.4 is 0 Å². The summed E-state index contributed by atoms with van der Waals surface area (Å²) in [6.07, 6.45) is 2.12. The second-order valence-electron chi connectivity index (χ2n) is 7.97. The number of fused-ring (bicyclic) bond motifs is 2. The van der Waals surface area contributed by atoms with Gasteiger partial charge in [0, 0.05) is 24.0 Å². The van der Waals surface area contributed by atoms with Crippen LogP contribution >= 0.6 is 0 Å². The van der Waals surface area contributed by atoms with Crippen LogP contribution in [0.2, 0.25) is 0 Å². The molecule has 1 N–H and O–H groups in total. The lowest BCUT2D eigenvalue weighted by molar-refractivity contribution is 0.0696. The van der Waals surface area contributed by atoms with E-state index >= 15 is 0 Å². The minimum Gasteiger partial charge on any atom is -0.478 e. The van der Waals surface area contributed by atoms with Crippen molar-refractivity contribution < 1.29 is 9.90 Å². The summed E-state index contributed by atoms with van der Waals surface area (Å²) in [5.41, 5.74) is 7.11. The van der Waals surface area contributed by atoms with E-state index in [0.29, 0.717) is 23.0 Å². The molecule has 1 aliphatic heterocycles. The molecule has 0 saturated carbocycles. The maximum Gasteiger partial charge on any atom is 0.336 e. The molecular weight excluding hydrogens is 384 g/mol. The van der Waals surface area contributed by atoms with E-state index in [2.05, 4.69) is 47.4 Å². The fourth-order valence-electron chi connectivity index (χ4n) is 4.32. The maximum atomic E-state index is 12.2. The highest BCUT2D eigenvalue weighted by molar-refractivity contribution is 6.06. The molecule has 31 heavy (non-hydrogen) atoms. The minimum atomic E-state index is -0.906. The van der Waals surface area contributed by atoms with Crippen molar-refractivity contribution in [2.24, 2.45) is 0 Å². The summed E-state index contributed by atoms with van der Waals surface area (Å²) in [5, 5.41) is 10.7. The van der Waals surface area contributed by atoms with E-state index in [1.807, 2.05) is 49.5 Å². The van der Waals surface area contributed by atoms with E-state index in [4.69, 9.17) is 4.98 Å². The quantitative estimate of drug-likeness (QED) is 0.482. The monoisotopic (exact) mass is 406 g/mol. The highest BCUT2D eigenvalue weighted by Crippen LogP contribution is 2.33. The number of para-hydroxylation sites is 1. The van der Waals surface area contributed by atoms with Crippen molar-refractivity contribution in [3.63, 3.8) is 0 Å². The zero-order valence-electron chi connectivity index (χ0n) is 17.2. The molecule has 0 spiro atoms. The van der Waals surface area contributed by atoms with Gasteiger partial charge < -0.3 is 5.11 Å². The van der Waals surface area contributed by atoms with Gasteiger partial charge in [-0.05, 0) is 41.5 Å². The van der Waals surface area contributed by atoms with Crippen LogP contribution in [0.5, 0.6) is 0 Å². The molecule has 0 atom stereocenters. The molecule has 0 bridgehead atoms. The van der Waals surface area contributed by atoms with Gasteiger partial charge in [-0.25, -0.2) is 9.78 Å². The van der Waals surface area contributed by atoms with Crippen molar-refractivity contribution in [3.8, 4) is 11.1 Å². The number of rotatable bonds is 3. The maximum absolute atomic E-state index is 12.2.